The van der Waals surface area contributed by atoms with Gasteiger partial charge in [0.15, 0.2) is 0 Å². The third kappa shape index (κ3) is 3.91. The van der Waals surface area contributed by atoms with E-state index >= 15 is 0 Å². The van der Waals surface area contributed by atoms with Crippen LogP contribution in [0.25, 0.3) is 0 Å². The Bertz CT molecular complexity index is 331. The zero-order chi connectivity index (χ0) is 12.0. The van der Waals surface area contributed by atoms with Crippen molar-refractivity contribution in [3.63, 3.8) is 0 Å². The summed E-state index contributed by atoms with van der Waals surface area (Å²) in [5.74, 6) is 1.15. The maximum absolute atomic E-state index is 5.94. The van der Waals surface area contributed by atoms with Crippen LogP contribution in [-0.4, -0.2) is 27.4 Å². The molecule has 0 amide bonds. The number of benzene rings is 1. The van der Waals surface area contributed by atoms with E-state index in [0.717, 1.165) is 18.8 Å². The van der Waals surface area contributed by atoms with Gasteiger partial charge in [-0.1, -0.05) is 18.5 Å². The summed E-state index contributed by atoms with van der Waals surface area (Å²) >= 11 is 5.94. The number of hydrogen-bond acceptors (Lipinski definition) is 3. The Balaban J connectivity index is 2.54. The average molecular weight is 244 g/mol. The number of nitrogens with one attached hydrogen (secondary N) is 1. The van der Waals surface area contributed by atoms with Gasteiger partial charge in [-0.25, -0.2) is 0 Å². The summed E-state index contributed by atoms with van der Waals surface area (Å²) in [6.45, 7) is 3.74. The molecule has 90 valence electrons. The fourth-order valence-corrected chi connectivity index (χ4v) is 1.60. The molecule has 4 heteroatoms. The molecule has 1 N–H and O–H groups in total. The minimum Gasteiger partial charge on any atom is -0.495 e. The molecule has 0 spiro atoms. The summed E-state index contributed by atoms with van der Waals surface area (Å²) in [6, 6.07) is 5.65. The molecule has 1 rings (SSSR count). The summed E-state index contributed by atoms with van der Waals surface area (Å²) in [5.41, 5.74) is 1.00. The molecule has 0 fully saturated rings. The van der Waals surface area contributed by atoms with Gasteiger partial charge in [0.2, 0.25) is 0 Å². The van der Waals surface area contributed by atoms with Crippen LogP contribution in [0.2, 0.25) is 5.02 Å². The molecular formula is C12H18ClNO2. The van der Waals surface area contributed by atoms with Gasteiger partial charge < -0.3 is 14.8 Å². The van der Waals surface area contributed by atoms with Gasteiger partial charge in [0.05, 0.1) is 18.7 Å². The van der Waals surface area contributed by atoms with Gasteiger partial charge in [-0.15, -0.1) is 0 Å². The highest BCUT2D eigenvalue weighted by Crippen LogP contribution is 2.27. The Morgan fingerprint density at radius 2 is 2.12 bits per heavy atom. The maximum Gasteiger partial charge on any atom is 0.139 e. The normalized spacial score (nSPS) is 12.2. The molecule has 16 heavy (non-hydrogen) atoms. The second-order valence-corrected chi connectivity index (χ2v) is 4.20. The first kappa shape index (κ1) is 13.1. The van der Waals surface area contributed by atoms with Crippen LogP contribution in [0, 0.1) is 5.92 Å². The monoisotopic (exact) mass is 243 g/mol. The number of rotatable bonds is 6. The van der Waals surface area contributed by atoms with Crippen LogP contribution in [0.5, 0.6) is 5.75 Å². The molecule has 1 aromatic carbocycles. The van der Waals surface area contributed by atoms with E-state index in [0.29, 0.717) is 16.7 Å². The fraction of sp³-hybridized carbons (Fsp3) is 0.500. The molecule has 0 aliphatic rings. The molecular weight excluding hydrogens is 226 g/mol. The molecule has 0 aliphatic heterocycles. The number of anilines is 1. The second-order valence-electron chi connectivity index (χ2n) is 3.79. The minimum absolute atomic E-state index is 0.465. The van der Waals surface area contributed by atoms with Crippen LogP contribution >= 0.6 is 11.6 Å². The van der Waals surface area contributed by atoms with Gasteiger partial charge in [-0.05, 0) is 18.1 Å². The van der Waals surface area contributed by atoms with Gasteiger partial charge in [-0.3, -0.25) is 0 Å². The Morgan fingerprint density at radius 3 is 2.75 bits per heavy atom. The molecule has 3 nitrogen and oxygen atoms in total. The number of hydrogen-bond donors (Lipinski definition) is 1. The third-order valence-corrected chi connectivity index (χ3v) is 2.57. The van der Waals surface area contributed by atoms with Crippen molar-refractivity contribution >= 4 is 17.3 Å². The van der Waals surface area contributed by atoms with Crippen molar-refractivity contribution in [2.24, 2.45) is 5.92 Å². The van der Waals surface area contributed by atoms with Gasteiger partial charge in [0.1, 0.15) is 5.75 Å². The number of ether oxygens (including phenoxy) is 2. The quantitative estimate of drug-likeness (QED) is 0.833. The van der Waals surface area contributed by atoms with E-state index in [1.165, 1.54) is 0 Å². The molecule has 1 aromatic rings. The fourth-order valence-electron chi connectivity index (χ4n) is 1.41. The van der Waals surface area contributed by atoms with Crippen LogP contribution in [0.1, 0.15) is 6.92 Å². The summed E-state index contributed by atoms with van der Waals surface area (Å²) in [4.78, 5) is 0. The van der Waals surface area contributed by atoms with Crippen molar-refractivity contribution < 1.29 is 9.47 Å². The first-order chi connectivity index (χ1) is 7.67. The van der Waals surface area contributed by atoms with E-state index in [1.807, 2.05) is 18.2 Å². The van der Waals surface area contributed by atoms with Crippen LogP contribution in [0.3, 0.4) is 0 Å². The largest absolute Gasteiger partial charge is 0.495 e. The molecule has 0 saturated heterocycles. The minimum atomic E-state index is 0.465. The van der Waals surface area contributed by atoms with E-state index in [1.54, 1.807) is 14.2 Å². The Morgan fingerprint density at radius 1 is 1.38 bits per heavy atom. The van der Waals surface area contributed by atoms with Crippen LogP contribution in [0.15, 0.2) is 18.2 Å². The lowest BCUT2D eigenvalue weighted by atomic mass is 10.2. The van der Waals surface area contributed by atoms with Crippen molar-refractivity contribution in [2.45, 2.75) is 6.92 Å². The third-order valence-electron chi connectivity index (χ3n) is 2.26. The first-order valence-electron chi connectivity index (χ1n) is 5.23. The smallest absolute Gasteiger partial charge is 0.139 e. The summed E-state index contributed by atoms with van der Waals surface area (Å²) in [6.07, 6.45) is 0. The molecule has 0 heterocycles. The molecule has 0 aromatic heterocycles. The van der Waals surface area contributed by atoms with Crippen LogP contribution in [-0.2, 0) is 4.74 Å². The van der Waals surface area contributed by atoms with E-state index in [9.17, 15) is 0 Å². The van der Waals surface area contributed by atoms with Crippen molar-refractivity contribution in [2.75, 3.05) is 32.7 Å². The highest BCUT2D eigenvalue weighted by molar-refractivity contribution is 6.32. The summed E-state index contributed by atoms with van der Waals surface area (Å²) < 4.78 is 10.2. The summed E-state index contributed by atoms with van der Waals surface area (Å²) in [7, 11) is 3.32. The van der Waals surface area contributed by atoms with Crippen LogP contribution < -0.4 is 10.1 Å². The highest BCUT2D eigenvalue weighted by Gasteiger charge is 2.04. The molecule has 1 atom stereocenters. The first-order valence-corrected chi connectivity index (χ1v) is 5.61. The molecule has 0 aliphatic carbocycles. The second kappa shape index (κ2) is 6.61. The van der Waals surface area contributed by atoms with E-state index in [4.69, 9.17) is 21.1 Å². The topological polar surface area (TPSA) is 30.5 Å². The lowest BCUT2D eigenvalue weighted by Crippen LogP contribution is -2.15. The predicted molar refractivity (Wildman–Crippen MR) is 67.5 cm³/mol. The van der Waals surface area contributed by atoms with Crippen molar-refractivity contribution in [3.8, 4) is 5.75 Å². The lowest BCUT2D eigenvalue weighted by Gasteiger charge is -2.13. The summed E-state index contributed by atoms with van der Waals surface area (Å²) in [5, 5.41) is 3.94. The van der Waals surface area contributed by atoms with Crippen molar-refractivity contribution in [1.29, 1.82) is 0 Å². The number of methoxy groups -OCH3 is 2. The highest BCUT2D eigenvalue weighted by atomic mass is 35.5. The van der Waals surface area contributed by atoms with Crippen LogP contribution in [0.4, 0.5) is 5.69 Å². The molecule has 0 radical (unpaired) electrons. The standard InChI is InChI=1S/C12H18ClNO2/c1-9(8-15-2)7-14-10-4-5-11(13)12(6-10)16-3/h4-6,9,14H,7-8H2,1-3H3. The SMILES string of the molecule is COCC(C)CNc1ccc(Cl)c(OC)c1. The Hall–Kier alpha value is -0.930. The van der Waals surface area contributed by atoms with Gasteiger partial charge in [-0.2, -0.15) is 0 Å². The van der Waals surface area contributed by atoms with E-state index in [2.05, 4.69) is 12.2 Å². The number of halogens is 1. The predicted octanol–water partition coefficient (Wildman–Crippen LogP) is 3.04. The van der Waals surface area contributed by atoms with Crippen molar-refractivity contribution in [3.05, 3.63) is 23.2 Å². The Labute approximate surface area is 102 Å². The zero-order valence-electron chi connectivity index (χ0n) is 9.92. The Kier molecular flexibility index (Phi) is 5.43. The van der Waals surface area contributed by atoms with E-state index in [-0.39, 0.29) is 0 Å². The van der Waals surface area contributed by atoms with Gasteiger partial charge >= 0.3 is 0 Å². The zero-order valence-corrected chi connectivity index (χ0v) is 10.7. The average Bonchev–Trinajstić information content (AvgIpc) is 2.28. The lowest BCUT2D eigenvalue weighted by molar-refractivity contribution is 0.164. The maximum atomic E-state index is 5.94. The van der Waals surface area contributed by atoms with Gasteiger partial charge in [0, 0.05) is 25.4 Å². The molecule has 0 bridgehead atoms. The molecule has 1 unspecified atom stereocenters. The van der Waals surface area contributed by atoms with Gasteiger partial charge in [0.25, 0.3) is 0 Å². The molecule has 0 saturated carbocycles. The van der Waals surface area contributed by atoms with Crippen molar-refractivity contribution in [1.82, 2.24) is 0 Å². The van der Waals surface area contributed by atoms with E-state index < -0.39 is 0 Å².